The molecule has 1 fully saturated rings. The minimum atomic E-state index is -1.58. The van der Waals surface area contributed by atoms with Crippen molar-refractivity contribution in [1.82, 2.24) is 5.32 Å². The molecule has 7 atom stereocenters. The molecular weight excluding hydrogens is 991 g/mol. The first-order chi connectivity index (χ1) is 38.7. The second kappa shape index (κ2) is 56.9. The van der Waals surface area contributed by atoms with Crippen LogP contribution in [0.4, 0.5) is 0 Å². The number of allylic oxidation sites excluding steroid dienone is 11. The molecule has 1 rings (SSSR count). The first-order valence-electron chi connectivity index (χ1n) is 32.7. The average Bonchev–Trinajstić information content (AvgIpc) is 3.45. The van der Waals surface area contributed by atoms with Crippen LogP contribution in [0.1, 0.15) is 284 Å². The summed E-state index contributed by atoms with van der Waals surface area (Å²) in [4.78, 5) is 25.0. The zero-order valence-corrected chi connectivity index (χ0v) is 50.6. The number of hydrogen-bond acceptors (Lipinski definition) is 10. The third kappa shape index (κ3) is 46.3. The molecule has 458 valence electrons. The molecule has 6 N–H and O–H groups in total. The number of amides is 1. The van der Waals surface area contributed by atoms with Crippen molar-refractivity contribution in [3.05, 3.63) is 72.9 Å². The quantitative estimate of drug-likeness (QED) is 0.0195. The Kier molecular flexibility index (Phi) is 53.4. The highest BCUT2D eigenvalue weighted by Crippen LogP contribution is 2.23. The van der Waals surface area contributed by atoms with E-state index in [9.17, 15) is 35.1 Å². The van der Waals surface area contributed by atoms with Crippen LogP contribution >= 0.6 is 0 Å². The van der Waals surface area contributed by atoms with Gasteiger partial charge in [0.1, 0.15) is 24.4 Å². The first kappa shape index (κ1) is 74.1. The third-order valence-corrected chi connectivity index (χ3v) is 15.0. The summed E-state index contributed by atoms with van der Waals surface area (Å²) in [7, 11) is 0. The Morgan fingerprint density at radius 3 is 1.39 bits per heavy atom. The molecule has 0 spiro atoms. The maximum absolute atomic E-state index is 13.0. The van der Waals surface area contributed by atoms with E-state index in [-0.39, 0.29) is 18.5 Å². The topological polar surface area (TPSA) is 175 Å². The SMILES string of the molecule is CC/C=C/CC/C=C/CC/C=C/C(O)C(COC1OC(CO)C(O)C(O)C1O)NC(=O)CCCCCCCCCCCCCCC/C=C\C/C=C\CCCCCCCCCCCOC(=O)CCCCCCC/C=C\CCCCC. The molecule has 1 aliphatic heterocycles. The Bertz CT molecular complexity index is 1540. The number of hydrogen-bond donors (Lipinski definition) is 6. The zero-order valence-electron chi connectivity index (χ0n) is 50.6. The third-order valence-electron chi connectivity index (χ3n) is 15.0. The minimum Gasteiger partial charge on any atom is -0.466 e. The summed E-state index contributed by atoms with van der Waals surface area (Å²) in [5, 5.41) is 54.2. The van der Waals surface area contributed by atoms with Gasteiger partial charge in [0, 0.05) is 12.8 Å². The van der Waals surface area contributed by atoms with E-state index >= 15 is 0 Å². The van der Waals surface area contributed by atoms with E-state index in [1.807, 2.05) is 6.08 Å². The van der Waals surface area contributed by atoms with E-state index in [4.69, 9.17) is 14.2 Å². The van der Waals surface area contributed by atoms with Gasteiger partial charge in [-0.3, -0.25) is 9.59 Å². The van der Waals surface area contributed by atoms with E-state index in [0.717, 1.165) is 77.0 Å². The number of aliphatic hydroxyl groups excluding tert-OH is 5. The van der Waals surface area contributed by atoms with Crippen LogP contribution in [0.2, 0.25) is 0 Å². The van der Waals surface area contributed by atoms with E-state index < -0.39 is 49.5 Å². The standard InChI is InChI=1S/C68H121NO10/c1-3-5-7-9-11-13-15-36-40-44-48-52-56-64(73)77-57-53-49-45-41-37-34-32-30-28-26-24-22-20-18-16-17-19-21-23-25-27-29-31-33-35-39-43-47-51-55-63(72)69-60(59-78-68-67(76)66(75)65(74)62(58-70)79-68)61(71)54-50-46-42-38-14-12-10-8-6-4-2/h6,8,11,13-14,16,18,22,24,38,50,54,60-62,65-68,70-71,74-76H,3-5,7,9-10,12,15,17,19-21,23,25-37,39-49,51-53,55-59H2,1-2H3,(H,69,72)/b8-6+,13-11-,18-16-,24-22-,38-14+,54-50+. The molecule has 0 aromatic carbocycles. The lowest BCUT2D eigenvalue weighted by molar-refractivity contribution is -0.302. The van der Waals surface area contributed by atoms with Gasteiger partial charge in [-0.2, -0.15) is 0 Å². The summed E-state index contributed by atoms with van der Waals surface area (Å²) in [6, 6.07) is -0.836. The number of esters is 1. The van der Waals surface area contributed by atoms with Crippen molar-refractivity contribution >= 4 is 11.9 Å². The molecule has 0 saturated carbocycles. The van der Waals surface area contributed by atoms with Gasteiger partial charge in [0.05, 0.1) is 32.0 Å². The van der Waals surface area contributed by atoms with Gasteiger partial charge < -0.3 is 45.1 Å². The summed E-state index contributed by atoms with van der Waals surface area (Å²) in [6.07, 6.45) is 66.1. The van der Waals surface area contributed by atoms with Crippen LogP contribution in [0, 0.1) is 0 Å². The molecule has 0 bridgehead atoms. The van der Waals surface area contributed by atoms with Crippen molar-refractivity contribution in [2.75, 3.05) is 19.8 Å². The number of rotatable bonds is 56. The largest absolute Gasteiger partial charge is 0.466 e. The van der Waals surface area contributed by atoms with Crippen molar-refractivity contribution in [3.8, 4) is 0 Å². The number of ether oxygens (including phenoxy) is 3. The molecule has 79 heavy (non-hydrogen) atoms. The molecule has 11 nitrogen and oxygen atoms in total. The van der Waals surface area contributed by atoms with Gasteiger partial charge in [-0.05, 0) is 109 Å². The van der Waals surface area contributed by atoms with Crippen LogP contribution < -0.4 is 5.32 Å². The number of carbonyl (C=O) groups is 2. The predicted molar refractivity (Wildman–Crippen MR) is 329 cm³/mol. The Balaban J connectivity index is 1.99. The van der Waals surface area contributed by atoms with Gasteiger partial charge in [0.2, 0.25) is 5.91 Å². The highest BCUT2D eigenvalue weighted by molar-refractivity contribution is 5.76. The fraction of sp³-hybridized carbons (Fsp3) is 0.794. The molecule has 0 radical (unpaired) electrons. The van der Waals surface area contributed by atoms with E-state index in [0.29, 0.717) is 19.4 Å². The summed E-state index contributed by atoms with van der Waals surface area (Å²) in [6.45, 7) is 4.17. The molecule has 0 aromatic heterocycles. The Morgan fingerprint density at radius 1 is 0.481 bits per heavy atom. The van der Waals surface area contributed by atoms with Crippen LogP contribution in [0.3, 0.4) is 0 Å². The lowest BCUT2D eigenvalue weighted by Crippen LogP contribution is -2.60. The van der Waals surface area contributed by atoms with Gasteiger partial charge >= 0.3 is 5.97 Å². The molecule has 11 heteroatoms. The average molecular weight is 1110 g/mol. The summed E-state index contributed by atoms with van der Waals surface area (Å²) in [5.41, 5.74) is 0. The van der Waals surface area contributed by atoms with Crippen molar-refractivity contribution in [2.45, 2.75) is 326 Å². The fourth-order valence-corrected chi connectivity index (χ4v) is 9.85. The molecule has 1 saturated heterocycles. The molecule has 0 aromatic rings. The van der Waals surface area contributed by atoms with Gasteiger partial charge in [-0.15, -0.1) is 0 Å². The van der Waals surface area contributed by atoms with Crippen LogP contribution in [-0.4, -0.2) is 100 Å². The van der Waals surface area contributed by atoms with Crippen molar-refractivity contribution in [2.24, 2.45) is 0 Å². The number of unbranched alkanes of at least 4 members (excludes halogenated alkanes) is 32. The fourth-order valence-electron chi connectivity index (χ4n) is 9.85. The summed E-state index contributed by atoms with van der Waals surface area (Å²) in [5.74, 6) is -0.209. The zero-order chi connectivity index (χ0) is 57.3. The van der Waals surface area contributed by atoms with E-state index in [2.05, 4.69) is 79.9 Å². The number of aliphatic hydroxyl groups is 5. The molecular formula is C68H121NO10. The van der Waals surface area contributed by atoms with Crippen molar-refractivity contribution in [3.63, 3.8) is 0 Å². The molecule has 1 heterocycles. The van der Waals surface area contributed by atoms with Gasteiger partial charge in [0.15, 0.2) is 6.29 Å². The lowest BCUT2D eigenvalue weighted by Gasteiger charge is -2.40. The van der Waals surface area contributed by atoms with Crippen molar-refractivity contribution in [1.29, 1.82) is 0 Å². The van der Waals surface area contributed by atoms with Crippen LogP contribution in [0.25, 0.3) is 0 Å². The smallest absolute Gasteiger partial charge is 0.305 e. The first-order valence-corrected chi connectivity index (χ1v) is 32.7. The predicted octanol–water partition coefficient (Wildman–Crippen LogP) is 16.0. The second-order valence-electron chi connectivity index (χ2n) is 22.4. The highest BCUT2D eigenvalue weighted by atomic mass is 16.7. The van der Waals surface area contributed by atoms with E-state index in [1.165, 1.54) is 180 Å². The molecule has 7 unspecified atom stereocenters. The molecule has 1 aliphatic rings. The Morgan fingerprint density at radius 2 is 0.899 bits per heavy atom. The molecule has 1 amide bonds. The maximum Gasteiger partial charge on any atom is 0.305 e. The Labute approximate surface area is 483 Å². The van der Waals surface area contributed by atoms with Gasteiger partial charge in [-0.25, -0.2) is 0 Å². The summed E-state index contributed by atoms with van der Waals surface area (Å²) >= 11 is 0. The molecule has 0 aliphatic carbocycles. The highest BCUT2D eigenvalue weighted by Gasteiger charge is 2.44. The van der Waals surface area contributed by atoms with Crippen LogP contribution in [0.15, 0.2) is 72.9 Å². The normalized spacial score (nSPS) is 18.9. The summed E-state index contributed by atoms with van der Waals surface area (Å²) < 4.78 is 16.7. The maximum atomic E-state index is 13.0. The Hall–Kier alpha value is -2.90. The van der Waals surface area contributed by atoms with Crippen LogP contribution in [0.5, 0.6) is 0 Å². The van der Waals surface area contributed by atoms with Gasteiger partial charge in [-0.1, -0.05) is 234 Å². The van der Waals surface area contributed by atoms with E-state index in [1.54, 1.807) is 6.08 Å². The number of carbonyl (C=O) groups excluding carboxylic acids is 2. The second-order valence-corrected chi connectivity index (χ2v) is 22.4. The van der Waals surface area contributed by atoms with Gasteiger partial charge in [0.25, 0.3) is 0 Å². The van der Waals surface area contributed by atoms with Crippen LogP contribution in [-0.2, 0) is 23.8 Å². The number of nitrogens with one attached hydrogen (secondary N) is 1. The monoisotopic (exact) mass is 1110 g/mol. The minimum absolute atomic E-state index is 0.00812. The van der Waals surface area contributed by atoms with Crippen molar-refractivity contribution < 1.29 is 49.3 Å². The lowest BCUT2D eigenvalue weighted by atomic mass is 9.99.